The van der Waals surface area contributed by atoms with E-state index in [4.69, 9.17) is 4.74 Å². The van der Waals surface area contributed by atoms with Crippen molar-refractivity contribution in [3.05, 3.63) is 53.6 Å². The number of ketones is 1. The first kappa shape index (κ1) is 17.5. The third-order valence-electron chi connectivity index (χ3n) is 5.11. The number of likely N-dealkylation sites (N-methyl/N-ethyl adjacent to an activating group) is 1. The molecule has 5 nitrogen and oxygen atoms in total. The molecule has 0 bridgehead atoms. The van der Waals surface area contributed by atoms with E-state index in [2.05, 4.69) is 23.7 Å². The SMILES string of the molecule is CCN(CC)CCOc1cccc2c1C(=O)c1cc3cc(O)ccc3nc1-2. The number of hydrogen-bond donors (Lipinski definition) is 1. The molecular weight excluding hydrogens is 340 g/mol. The highest BCUT2D eigenvalue weighted by molar-refractivity contribution is 6.23. The highest BCUT2D eigenvalue weighted by Crippen LogP contribution is 2.41. The van der Waals surface area contributed by atoms with Gasteiger partial charge in [-0.15, -0.1) is 0 Å². The number of benzene rings is 2. The quantitative estimate of drug-likeness (QED) is 0.564. The fraction of sp³-hybridized carbons (Fsp3) is 0.273. The summed E-state index contributed by atoms with van der Waals surface area (Å²) >= 11 is 0. The lowest BCUT2D eigenvalue weighted by Gasteiger charge is -2.18. The van der Waals surface area contributed by atoms with Gasteiger partial charge in [0.2, 0.25) is 0 Å². The number of phenolic OH excluding ortho intramolecular Hbond substituents is 1. The molecule has 0 spiro atoms. The molecule has 5 heteroatoms. The molecule has 0 saturated heterocycles. The van der Waals surface area contributed by atoms with E-state index in [9.17, 15) is 9.90 Å². The largest absolute Gasteiger partial charge is 0.508 e. The Morgan fingerprint density at radius 2 is 1.89 bits per heavy atom. The number of rotatable bonds is 6. The molecule has 0 aliphatic heterocycles. The fourth-order valence-electron chi connectivity index (χ4n) is 3.58. The summed E-state index contributed by atoms with van der Waals surface area (Å²) in [6.45, 7) is 7.54. The van der Waals surface area contributed by atoms with Crippen LogP contribution in [0.4, 0.5) is 0 Å². The molecule has 1 aliphatic rings. The van der Waals surface area contributed by atoms with Crippen LogP contribution in [0.3, 0.4) is 0 Å². The van der Waals surface area contributed by atoms with Crippen LogP contribution in [-0.2, 0) is 0 Å². The molecule has 0 fully saturated rings. The Balaban J connectivity index is 1.69. The lowest BCUT2D eigenvalue weighted by molar-refractivity contribution is 0.103. The topological polar surface area (TPSA) is 62.7 Å². The zero-order valence-corrected chi connectivity index (χ0v) is 15.5. The lowest BCUT2D eigenvalue weighted by Crippen LogP contribution is -2.28. The number of carbonyl (C=O) groups is 1. The van der Waals surface area contributed by atoms with E-state index >= 15 is 0 Å². The number of nitrogens with zero attached hydrogens (tertiary/aromatic N) is 2. The molecular formula is C22H22N2O3. The van der Waals surface area contributed by atoms with E-state index in [1.807, 2.05) is 18.2 Å². The number of aromatic hydroxyl groups is 1. The van der Waals surface area contributed by atoms with E-state index in [-0.39, 0.29) is 11.5 Å². The van der Waals surface area contributed by atoms with E-state index in [1.165, 1.54) is 0 Å². The Bertz CT molecular complexity index is 1030. The fourth-order valence-corrected chi connectivity index (χ4v) is 3.58. The monoisotopic (exact) mass is 362 g/mol. The number of phenols is 1. The van der Waals surface area contributed by atoms with Crippen LogP contribution >= 0.6 is 0 Å². The molecule has 138 valence electrons. The summed E-state index contributed by atoms with van der Waals surface area (Å²) in [4.78, 5) is 20.0. The lowest BCUT2D eigenvalue weighted by atomic mass is 10.1. The van der Waals surface area contributed by atoms with Crippen molar-refractivity contribution in [2.24, 2.45) is 0 Å². The number of carbonyl (C=O) groups excluding carboxylic acids is 1. The second-order valence-corrected chi connectivity index (χ2v) is 6.64. The van der Waals surface area contributed by atoms with Crippen LogP contribution in [0.1, 0.15) is 29.8 Å². The summed E-state index contributed by atoms with van der Waals surface area (Å²) in [6, 6.07) is 12.5. The zero-order chi connectivity index (χ0) is 19.0. The summed E-state index contributed by atoms with van der Waals surface area (Å²) in [7, 11) is 0. The molecule has 0 unspecified atom stereocenters. The highest BCUT2D eigenvalue weighted by Gasteiger charge is 2.31. The van der Waals surface area contributed by atoms with Gasteiger partial charge in [-0.3, -0.25) is 4.79 Å². The van der Waals surface area contributed by atoms with Gasteiger partial charge in [-0.2, -0.15) is 0 Å². The van der Waals surface area contributed by atoms with Gasteiger partial charge in [0, 0.05) is 23.1 Å². The van der Waals surface area contributed by atoms with Gasteiger partial charge < -0.3 is 14.7 Å². The number of ether oxygens (including phenoxy) is 1. The number of aromatic nitrogens is 1. The Hall–Kier alpha value is -2.92. The molecule has 1 aliphatic carbocycles. The summed E-state index contributed by atoms with van der Waals surface area (Å²) in [5.41, 5.74) is 3.38. The van der Waals surface area contributed by atoms with Crippen molar-refractivity contribution < 1.29 is 14.6 Å². The minimum absolute atomic E-state index is 0.0730. The van der Waals surface area contributed by atoms with Crippen molar-refractivity contribution in [2.45, 2.75) is 13.8 Å². The molecule has 0 atom stereocenters. The van der Waals surface area contributed by atoms with Crippen LogP contribution < -0.4 is 4.74 Å². The summed E-state index contributed by atoms with van der Waals surface area (Å²) in [5.74, 6) is 0.693. The van der Waals surface area contributed by atoms with Gasteiger partial charge in [0.25, 0.3) is 0 Å². The van der Waals surface area contributed by atoms with Crippen LogP contribution in [0.25, 0.3) is 22.2 Å². The first-order valence-electron chi connectivity index (χ1n) is 9.29. The summed E-state index contributed by atoms with van der Waals surface area (Å²) in [5, 5.41) is 10.5. The first-order valence-corrected chi connectivity index (χ1v) is 9.29. The number of hydrogen-bond acceptors (Lipinski definition) is 5. The maximum atomic E-state index is 13.1. The Labute approximate surface area is 158 Å². The van der Waals surface area contributed by atoms with Gasteiger partial charge in [0.05, 0.1) is 16.8 Å². The average molecular weight is 362 g/mol. The molecule has 2 aromatic carbocycles. The summed E-state index contributed by atoms with van der Waals surface area (Å²) in [6.07, 6.45) is 0. The Kier molecular flexibility index (Phi) is 4.54. The molecule has 3 aromatic rings. The van der Waals surface area contributed by atoms with Gasteiger partial charge in [-0.25, -0.2) is 4.98 Å². The normalized spacial score (nSPS) is 12.5. The molecule has 0 radical (unpaired) electrons. The van der Waals surface area contributed by atoms with Crippen LogP contribution in [0.5, 0.6) is 11.5 Å². The highest BCUT2D eigenvalue weighted by atomic mass is 16.5. The predicted octanol–water partition coefficient (Wildman–Crippen LogP) is 3.87. The van der Waals surface area contributed by atoms with E-state index in [0.29, 0.717) is 29.2 Å². The van der Waals surface area contributed by atoms with Gasteiger partial charge in [0.1, 0.15) is 18.1 Å². The smallest absolute Gasteiger partial charge is 0.199 e. The van der Waals surface area contributed by atoms with Crippen molar-refractivity contribution in [3.8, 4) is 22.8 Å². The van der Waals surface area contributed by atoms with Crippen molar-refractivity contribution >= 4 is 16.7 Å². The number of pyridine rings is 1. The van der Waals surface area contributed by atoms with E-state index < -0.39 is 0 Å². The van der Waals surface area contributed by atoms with Gasteiger partial charge in [-0.05, 0) is 43.4 Å². The third kappa shape index (κ3) is 3.04. The van der Waals surface area contributed by atoms with Crippen LogP contribution in [0.2, 0.25) is 0 Å². The third-order valence-corrected chi connectivity index (χ3v) is 5.11. The van der Waals surface area contributed by atoms with Gasteiger partial charge >= 0.3 is 0 Å². The van der Waals surface area contributed by atoms with Crippen molar-refractivity contribution in [3.63, 3.8) is 0 Å². The number of fused-ring (bicyclic) bond motifs is 4. The van der Waals surface area contributed by atoms with Crippen molar-refractivity contribution in [1.82, 2.24) is 9.88 Å². The molecule has 0 amide bonds. The Morgan fingerprint density at radius 3 is 2.67 bits per heavy atom. The summed E-state index contributed by atoms with van der Waals surface area (Å²) < 4.78 is 5.97. The molecule has 1 heterocycles. The maximum absolute atomic E-state index is 13.1. The molecule has 27 heavy (non-hydrogen) atoms. The second-order valence-electron chi connectivity index (χ2n) is 6.64. The van der Waals surface area contributed by atoms with E-state index in [1.54, 1.807) is 24.3 Å². The zero-order valence-electron chi connectivity index (χ0n) is 15.5. The minimum atomic E-state index is -0.0730. The van der Waals surface area contributed by atoms with Crippen LogP contribution in [0.15, 0.2) is 42.5 Å². The molecule has 1 N–H and O–H groups in total. The maximum Gasteiger partial charge on any atom is 0.199 e. The van der Waals surface area contributed by atoms with Gasteiger partial charge in [-0.1, -0.05) is 26.0 Å². The Morgan fingerprint density at radius 1 is 1.07 bits per heavy atom. The van der Waals surface area contributed by atoms with Crippen molar-refractivity contribution in [2.75, 3.05) is 26.2 Å². The predicted molar refractivity (Wildman–Crippen MR) is 106 cm³/mol. The van der Waals surface area contributed by atoms with Crippen LogP contribution in [0, 0.1) is 0 Å². The molecule has 0 saturated carbocycles. The average Bonchev–Trinajstić information content (AvgIpc) is 2.96. The van der Waals surface area contributed by atoms with Crippen LogP contribution in [-0.4, -0.2) is 47.0 Å². The standard InChI is InChI=1S/C22H22N2O3/c1-3-24(4-2)10-11-27-19-7-5-6-16-20(19)22(26)17-13-14-12-15(25)8-9-18(14)23-21(16)17/h5-9,12-13,25H,3-4,10-11H2,1-2H3. The first-order chi connectivity index (χ1) is 13.1. The molecule has 1 aromatic heterocycles. The molecule has 4 rings (SSSR count). The minimum Gasteiger partial charge on any atom is -0.508 e. The van der Waals surface area contributed by atoms with E-state index in [0.717, 1.165) is 36.1 Å². The second kappa shape index (κ2) is 7.00. The van der Waals surface area contributed by atoms with Crippen molar-refractivity contribution in [1.29, 1.82) is 0 Å². The van der Waals surface area contributed by atoms with Gasteiger partial charge in [0.15, 0.2) is 5.78 Å².